The quantitative estimate of drug-likeness (QED) is 0.930. The first kappa shape index (κ1) is 14.8. The number of aryl methyl sites for hydroxylation is 2. The number of nitrogens with zero attached hydrogens (tertiary/aromatic N) is 2. The molecule has 108 valence electrons. The summed E-state index contributed by atoms with van der Waals surface area (Å²) in [5.41, 5.74) is 11.3. The van der Waals surface area contributed by atoms with Crippen molar-refractivity contribution in [2.75, 3.05) is 0 Å². The van der Waals surface area contributed by atoms with E-state index in [1.165, 1.54) is 5.56 Å². The van der Waals surface area contributed by atoms with E-state index in [1.54, 1.807) is 0 Å². The van der Waals surface area contributed by atoms with E-state index < -0.39 is 0 Å². The fourth-order valence-electron chi connectivity index (χ4n) is 2.46. The molecule has 1 unspecified atom stereocenters. The van der Waals surface area contributed by atoms with Crippen LogP contribution >= 0.6 is 0 Å². The SMILES string of the molecule is CCc1nn(C)cc1C(N)c1ccc(C(C)(C)C)cc1. The third-order valence-electron chi connectivity index (χ3n) is 3.74. The lowest BCUT2D eigenvalue weighted by Gasteiger charge is -2.20. The first-order chi connectivity index (χ1) is 9.32. The maximum absolute atomic E-state index is 6.41. The third-order valence-corrected chi connectivity index (χ3v) is 3.74. The Morgan fingerprint density at radius 2 is 1.80 bits per heavy atom. The summed E-state index contributed by atoms with van der Waals surface area (Å²) in [5, 5.41) is 4.47. The zero-order valence-corrected chi connectivity index (χ0v) is 13.1. The summed E-state index contributed by atoms with van der Waals surface area (Å²) < 4.78 is 1.84. The van der Waals surface area contributed by atoms with Crippen LogP contribution in [0, 0.1) is 0 Å². The van der Waals surface area contributed by atoms with Crippen molar-refractivity contribution in [1.29, 1.82) is 0 Å². The van der Waals surface area contributed by atoms with Crippen LogP contribution in [-0.4, -0.2) is 9.78 Å². The summed E-state index contributed by atoms with van der Waals surface area (Å²) in [4.78, 5) is 0. The second kappa shape index (κ2) is 5.41. The van der Waals surface area contributed by atoms with Gasteiger partial charge in [0.1, 0.15) is 0 Å². The van der Waals surface area contributed by atoms with Crippen LogP contribution in [-0.2, 0) is 18.9 Å². The molecule has 0 aliphatic carbocycles. The fraction of sp³-hybridized carbons (Fsp3) is 0.471. The molecule has 2 rings (SSSR count). The van der Waals surface area contributed by atoms with Gasteiger partial charge in [0.2, 0.25) is 0 Å². The van der Waals surface area contributed by atoms with Crippen LogP contribution < -0.4 is 5.73 Å². The summed E-state index contributed by atoms with van der Waals surface area (Å²) >= 11 is 0. The molecule has 0 aliphatic rings. The highest BCUT2D eigenvalue weighted by atomic mass is 15.3. The van der Waals surface area contributed by atoms with Gasteiger partial charge in [0.25, 0.3) is 0 Å². The van der Waals surface area contributed by atoms with E-state index in [0.717, 1.165) is 23.2 Å². The predicted octanol–water partition coefficient (Wildman–Crippen LogP) is 3.33. The summed E-state index contributed by atoms with van der Waals surface area (Å²) in [6, 6.07) is 8.52. The van der Waals surface area contributed by atoms with Gasteiger partial charge in [-0.1, -0.05) is 52.0 Å². The highest BCUT2D eigenvalue weighted by Crippen LogP contribution is 2.26. The molecule has 2 aromatic rings. The van der Waals surface area contributed by atoms with E-state index in [0.29, 0.717) is 0 Å². The third kappa shape index (κ3) is 2.93. The minimum Gasteiger partial charge on any atom is -0.320 e. The molecule has 0 spiro atoms. The van der Waals surface area contributed by atoms with Crippen molar-refractivity contribution in [3.05, 3.63) is 52.8 Å². The molecule has 1 heterocycles. The van der Waals surface area contributed by atoms with Crippen molar-refractivity contribution in [3.63, 3.8) is 0 Å². The van der Waals surface area contributed by atoms with Gasteiger partial charge in [0, 0.05) is 18.8 Å². The number of hydrogen-bond acceptors (Lipinski definition) is 2. The van der Waals surface area contributed by atoms with E-state index >= 15 is 0 Å². The minimum absolute atomic E-state index is 0.104. The Kier molecular flexibility index (Phi) is 4.00. The van der Waals surface area contributed by atoms with Crippen molar-refractivity contribution in [1.82, 2.24) is 9.78 Å². The van der Waals surface area contributed by atoms with Gasteiger partial charge in [-0.3, -0.25) is 4.68 Å². The standard InChI is InChI=1S/C17H25N3/c1-6-15-14(11-20(5)19-15)16(18)12-7-9-13(10-8-12)17(2,3)4/h7-11,16H,6,18H2,1-5H3. The van der Waals surface area contributed by atoms with Crippen molar-refractivity contribution in [2.24, 2.45) is 12.8 Å². The van der Waals surface area contributed by atoms with Crippen LogP contribution in [0.1, 0.15) is 56.1 Å². The Morgan fingerprint density at radius 1 is 1.20 bits per heavy atom. The zero-order chi connectivity index (χ0) is 14.9. The van der Waals surface area contributed by atoms with E-state index in [-0.39, 0.29) is 11.5 Å². The van der Waals surface area contributed by atoms with E-state index in [1.807, 2.05) is 17.9 Å². The van der Waals surface area contributed by atoms with Crippen molar-refractivity contribution in [3.8, 4) is 0 Å². The molecule has 0 bridgehead atoms. The van der Waals surface area contributed by atoms with E-state index in [2.05, 4.69) is 57.1 Å². The zero-order valence-electron chi connectivity index (χ0n) is 13.1. The molecule has 1 atom stereocenters. The second-order valence-corrected chi connectivity index (χ2v) is 6.41. The first-order valence-electron chi connectivity index (χ1n) is 7.21. The van der Waals surface area contributed by atoms with Gasteiger partial charge in [-0.2, -0.15) is 5.10 Å². The number of hydrogen-bond donors (Lipinski definition) is 1. The first-order valence-corrected chi connectivity index (χ1v) is 7.21. The maximum atomic E-state index is 6.41. The van der Waals surface area contributed by atoms with Gasteiger partial charge in [0.05, 0.1) is 11.7 Å². The highest BCUT2D eigenvalue weighted by Gasteiger charge is 2.17. The molecule has 0 saturated heterocycles. The Balaban J connectivity index is 2.31. The second-order valence-electron chi connectivity index (χ2n) is 6.41. The summed E-state index contributed by atoms with van der Waals surface area (Å²) in [6.07, 6.45) is 2.94. The molecular weight excluding hydrogens is 246 g/mol. The minimum atomic E-state index is -0.104. The van der Waals surface area contributed by atoms with Gasteiger partial charge < -0.3 is 5.73 Å². The maximum Gasteiger partial charge on any atom is 0.0672 e. The molecule has 0 fully saturated rings. The highest BCUT2D eigenvalue weighted by molar-refractivity contribution is 5.36. The van der Waals surface area contributed by atoms with Crippen LogP contribution in [0.5, 0.6) is 0 Å². The molecular formula is C17H25N3. The van der Waals surface area contributed by atoms with Crippen LogP contribution in [0.2, 0.25) is 0 Å². The molecule has 1 aromatic heterocycles. The predicted molar refractivity (Wildman–Crippen MR) is 83.8 cm³/mol. The van der Waals surface area contributed by atoms with Crippen molar-refractivity contribution < 1.29 is 0 Å². The summed E-state index contributed by atoms with van der Waals surface area (Å²) in [6.45, 7) is 8.77. The largest absolute Gasteiger partial charge is 0.320 e. The van der Waals surface area contributed by atoms with Gasteiger partial charge >= 0.3 is 0 Å². The summed E-state index contributed by atoms with van der Waals surface area (Å²) in [7, 11) is 1.94. The molecule has 3 nitrogen and oxygen atoms in total. The monoisotopic (exact) mass is 271 g/mol. The average Bonchev–Trinajstić information content (AvgIpc) is 2.78. The molecule has 0 radical (unpaired) electrons. The van der Waals surface area contributed by atoms with Crippen LogP contribution in [0.3, 0.4) is 0 Å². The van der Waals surface area contributed by atoms with E-state index in [4.69, 9.17) is 5.73 Å². The smallest absolute Gasteiger partial charge is 0.0672 e. The van der Waals surface area contributed by atoms with Crippen LogP contribution in [0.25, 0.3) is 0 Å². The van der Waals surface area contributed by atoms with Gasteiger partial charge in [-0.15, -0.1) is 0 Å². The topological polar surface area (TPSA) is 43.8 Å². The number of rotatable bonds is 3. The van der Waals surface area contributed by atoms with Crippen LogP contribution in [0.4, 0.5) is 0 Å². The lowest BCUT2D eigenvalue weighted by Crippen LogP contribution is -2.15. The number of benzene rings is 1. The van der Waals surface area contributed by atoms with Crippen molar-refractivity contribution >= 4 is 0 Å². The molecule has 0 saturated carbocycles. The molecule has 0 amide bonds. The lowest BCUT2D eigenvalue weighted by atomic mass is 9.86. The van der Waals surface area contributed by atoms with Gasteiger partial charge in [-0.25, -0.2) is 0 Å². The Bertz CT molecular complexity index is 573. The molecule has 2 N–H and O–H groups in total. The number of aromatic nitrogens is 2. The van der Waals surface area contributed by atoms with E-state index in [9.17, 15) is 0 Å². The molecule has 1 aromatic carbocycles. The Hall–Kier alpha value is -1.61. The number of nitrogens with two attached hydrogens (primary N) is 1. The normalized spacial score (nSPS) is 13.5. The molecule has 20 heavy (non-hydrogen) atoms. The lowest BCUT2D eigenvalue weighted by molar-refractivity contribution is 0.589. The van der Waals surface area contributed by atoms with Gasteiger partial charge in [-0.05, 0) is 23.0 Å². The molecule has 3 heteroatoms. The molecule has 0 aliphatic heterocycles. The average molecular weight is 271 g/mol. The summed E-state index contributed by atoms with van der Waals surface area (Å²) in [5.74, 6) is 0. The Morgan fingerprint density at radius 3 is 2.30 bits per heavy atom. The van der Waals surface area contributed by atoms with Crippen LogP contribution in [0.15, 0.2) is 30.5 Å². The fourth-order valence-corrected chi connectivity index (χ4v) is 2.46. The Labute approximate surface area is 121 Å². The van der Waals surface area contributed by atoms with Crippen molar-refractivity contribution in [2.45, 2.75) is 45.6 Å². The van der Waals surface area contributed by atoms with Gasteiger partial charge in [0.15, 0.2) is 0 Å².